The number of nitrogens with zero attached hydrogens (tertiary/aromatic N) is 2. The third kappa shape index (κ3) is 5.82. The number of amides is 3. The van der Waals surface area contributed by atoms with E-state index in [2.05, 4.69) is 15.6 Å². The van der Waals surface area contributed by atoms with Gasteiger partial charge < -0.3 is 20.6 Å². The fourth-order valence-electron chi connectivity index (χ4n) is 4.51. The number of benzene rings is 1. The molecule has 1 fully saturated rings. The highest BCUT2D eigenvalue weighted by Crippen LogP contribution is 2.46. The third-order valence-corrected chi connectivity index (χ3v) is 6.84. The summed E-state index contributed by atoms with van der Waals surface area (Å²) in [5.74, 6) is -0.922. The van der Waals surface area contributed by atoms with Crippen LogP contribution in [0.4, 0.5) is 5.82 Å². The number of nitrogens with one attached hydrogen (secondary N) is 2. The largest absolute Gasteiger partial charge is 0.384 e. The number of carbonyl (C=O) groups is 3. The van der Waals surface area contributed by atoms with Crippen LogP contribution in [0.5, 0.6) is 0 Å². The highest BCUT2D eigenvalue weighted by Gasteiger charge is 2.50. The van der Waals surface area contributed by atoms with Crippen LogP contribution in [-0.4, -0.2) is 51.8 Å². The van der Waals surface area contributed by atoms with Gasteiger partial charge in [-0.05, 0) is 42.2 Å². The number of halogens is 1. The topological polar surface area (TPSA) is 112 Å². The number of hydrogen-bond donors (Lipinski definition) is 3. The van der Waals surface area contributed by atoms with Crippen LogP contribution >= 0.6 is 11.6 Å². The first-order valence-electron chi connectivity index (χ1n) is 11.7. The molecule has 188 valence electrons. The summed E-state index contributed by atoms with van der Waals surface area (Å²) in [7, 11) is 0. The van der Waals surface area contributed by atoms with Gasteiger partial charge in [-0.3, -0.25) is 14.4 Å². The fraction of sp³-hybridized carbons (Fsp3) is 0.462. The Morgan fingerprint density at radius 2 is 1.77 bits per heavy atom. The number of rotatable bonds is 6. The van der Waals surface area contributed by atoms with Crippen LogP contribution in [0.15, 0.2) is 42.5 Å². The molecular formula is C26H33ClN4O4. The molecule has 1 aromatic heterocycles. The maximum atomic E-state index is 13.5. The number of carbonyl (C=O) groups excluding carboxylic acids is 3. The highest BCUT2D eigenvalue weighted by molar-refractivity contribution is 6.30. The zero-order chi connectivity index (χ0) is 26.0. The molecular weight excluding hydrogens is 468 g/mol. The second-order valence-corrected chi connectivity index (χ2v) is 10.5. The van der Waals surface area contributed by atoms with Crippen LogP contribution in [0, 0.1) is 11.3 Å². The first-order valence-corrected chi connectivity index (χ1v) is 12.0. The third-order valence-electron chi connectivity index (χ3n) is 6.59. The lowest BCUT2D eigenvalue weighted by Gasteiger charge is -2.51. The van der Waals surface area contributed by atoms with Gasteiger partial charge in [0.1, 0.15) is 17.6 Å². The Hall–Kier alpha value is -2.97. The van der Waals surface area contributed by atoms with Crippen molar-refractivity contribution < 1.29 is 19.5 Å². The summed E-state index contributed by atoms with van der Waals surface area (Å²) < 4.78 is 0. The molecule has 0 spiro atoms. The molecule has 3 N–H and O–H groups in total. The summed E-state index contributed by atoms with van der Waals surface area (Å²) in [4.78, 5) is 43.6. The molecule has 1 aromatic carbocycles. The Morgan fingerprint density at radius 1 is 1.11 bits per heavy atom. The quantitative estimate of drug-likeness (QED) is 0.561. The molecule has 0 saturated carbocycles. The normalized spacial score (nSPS) is 20.3. The van der Waals surface area contributed by atoms with Crippen molar-refractivity contribution in [1.29, 1.82) is 0 Å². The summed E-state index contributed by atoms with van der Waals surface area (Å²) in [6, 6.07) is 11.1. The van der Waals surface area contributed by atoms with Crippen molar-refractivity contribution in [1.82, 2.24) is 15.2 Å². The molecule has 2 heterocycles. The molecule has 3 rings (SSSR count). The van der Waals surface area contributed by atoms with Gasteiger partial charge in [0.2, 0.25) is 11.8 Å². The highest BCUT2D eigenvalue weighted by atomic mass is 35.5. The Bertz CT molecular complexity index is 1100. The van der Waals surface area contributed by atoms with Crippen LogP contribution in [0.3, 0.4) is 0 Å². The fourth-order valence-corrected chi connectivity index (χ4v) is 4.63. The van der Waals surface area contributed by atoms with Gasteiger partial charge in [0.25, 0.3) is 5.91 Å². The smallest absolute Gasteiger partial charge is 0.270 e. The van der Waals surface area contributed by atoms with E-state index < -0.39 is 23.0 Å². The van der Waals surface area contributed by atoms with Gasteiger partial charge in [-0.15, -0.1) is 0 Å². The molecule has 9 heteroatoms. The minimum absolute atomic E-state index is 0.103. The zero-order valence-electron chi connectivity index (χ0n) is 20.8. The van der Waals surface area contributed by atoms with E-state index in [0.29, 0.717) is 24.5 Å². The Kier molecular flexibility index (Phi) is 7.87. The average molecular weight is 501 g/mol. The van der Waals surface area contributed by atoms with E-state index in [1.54, 1.807) is 29.2 Å². The van der Waals surface area contributed by atoms with Crippen molar-refractivity contribution in [3.8, 4) is 0 Å². The van der Waals surface area contributed by atoms with Crippen molar-refractivity contribution >= 4 is 35.1 Å². The van der Waals surface area contributed by atoms with Gasteiger partial charge in [0, 0.05) is 30.5 Å². The van der Waals surface area contributed by atoms with Crippen molar-refractivity contribution in [2.75, 3.05) is 18.4 Å². The SMILES string of the molecule is CC(=O)Nc1cccc(C(=O)NC(C(=O)N2CCC(O)(c3ccc(Cl)cc3)C(C)(C)C2)C(C)C)n1. The molecule has 2 aromatic rings. The van der Waals surface area contributed by atoms with Crippen LogP contribution < -0.4 is 10.6 Å². The number of aliphatic hydroxyl groups is 1. The molecule has 2 atom stereocenters. The van der Waals surface area contributed by atoms with E-state index in [1.165, 1.54) is 13.0 Å². The minimum Gasteiger partial charge on any atom is -0.384 e. The molecule has 0 bridgehead atoms. The zero-order valence-corrected chi connectivity index (χ0v) is 21.5. The predicted molar refractivity (Wildman–Crippen MR) is 135 cm³/mol. The van der Waals surface area contributed by atoms with Crippen molar-refractivity contribution in [3.05, 3.63) is 58.7 Å². The van der Waals surface area contributed by atoms with Gasteiger partial charge in [0.15, 0.2) is 0 Å². The van der Waals surface area contributed by atoms with E-state index >= 15 is 0 Å². The van der Waals surface area contributed by atoms with E-state index in [0.717, 1.165) is 5.56 Å². The Labute approximate surface area is 211 Å². The van der Waals surface area contributed by atoms with Gasteiger partial charge in [-0.25, -0.2) is 4.98 Å². The first-order chi connectivity index (χ1) is 16.3. The number of likely N-dealkylation sites (tertiary alicyclic amines) is 1. The maximum Gasteiger partial charge on any atom is 0.270 e. The summed E-state index contributed by atoms with van der Waals surface area (Å²) in [5.41, 5.74) is -0.906. The van der Waals surface area contributed by atoms with E-state index in [4.69, 9.17) is 11.6 Å². The standard InChI is InChI=1S/C26H33ClN4O4/c1-16(2)22(30-23(33)20-7-6-8-21(29-20)28-17(3)32)24(34)31-14-13-26(35,25(4,5)15-31)18-9-11-19(27)12-10-18/h6-12,16,22,35H,13-15H2,1-5H3,(H,30,33)(H,28,29,32). The maximum absolute atomic E-state index is 13.5. The molecule has 2 unspecified atom stereocenters. The number of hydrogen-bond acceptors (Lipinski definition) is 5. The number of pyridine rings is 1. The van der Waals surface area contributed by atoms with E-state index in [-0.39, 0.29) is 29.2 Å². The van der Waals surface area contributed by atoms with Gasteiger partial charge in [-0.1, -0.05) is 57.5 Å². The predicted octanol–water partition coefficient (Wildman–Crippen LogP) is 3.59. The summed E-state index contributed by atoms with van der Waals surface area (Å²) in [6.45, 7) is 9.61. The van der Waals surface area contributed by atoms with Crippen molar-refractivity contribution in [2.24, 2.45) is 11.3 Å². The lowest BCUT2D eigenvalue weighted by Crippen LogP contribution is -2.60. The molecule has 8 nitrogen and oxygen atoms in total. The van der Waals surface area contributed by atoms with Crippen LogP contribution in [0.1, 0.15) is 57.1 Å². The first kappa shape index (κ1) is 26.6. The molecule has 1 aliphatic heterocycles. The molecule has 1 saturated heterocycles. The van der Waals surface area contributed by atoms with Crippen LogP contribution in [0.25, 0.3) is 0 Å². The second kappa shape index (κ2) is 10.3. The van der Waals surface area contributed by atoms with Gasteiger partial charge in [0.05, 0.1) is 5.60 Å². The average Bonchev–Trinajstić information content (AvgIpc) is 2.78. The monoisotopic (exact) mass is 500 g/mol. The molecule has 0 radical (unpaired) electrons. The Morgan fingerprint density at radius 3 is 2.34 bits per heavy atom. The van der Waals surface area contributed by atoms with Crippen LogP contribution in [0.2, 0.25) is 5.02 Å². The van der Waals surface area contributed by atoms with E-state index in [1.807, 2.05) is 39.8 Å². The van der Waals surface area contributed by atoms with E-state index in [9.17, 15) is 19.5 Å². The summed E-state index contributed by atoms with van der Waals surface area (Å²) in [5, 5.41) is 17.6. The molecule has 1 aliphatic rings. The van der Waals surface area contributed by atoms with Gasteiger partial charge >= 0.3 is 0 Å². The Balaban J connectivity index is 1.76. The summed E-state index contributed by atoms with van der Waals surface area (Å²) >= 11 is 6.02. The van der Waals surface area contributed by atoms with Crippen molar-refractivity contribution in [3.63, 3.8) is 0 Å². The second-order valence-electron chi connectivity index (χ2n) is 10.0. The molecule has 3 amide bonds. The van der Waals surface area contributed by atoms with Crippen molar-refractivity contribution in [2.45, 2.75) is 52.7 Å². The lowest BCUT2D eigenvalue weighted by atomic mass is 9.66. The molecule has 0 aliphatic carbocycles. The van der Waals surface area contributed by atoms with Crippen LogP contribution in [-0.2, 0) is 15.2 Å². The minimum atomic E-state index is -1.13. The lowest BCUT2D eigenvalue weighted by molar-refractivity contribution is -0.155. The number of piperidine rings is 1. The summed E-state index contributed by atoms with van der Waals surface area (Å²) in [6.07, 6.45) is 0.354. The van der Waals surface area contributed by atoms with Gasteiger partial charge in [-0.2, -0.15) is 0 Å². The number of anilines is 1. The number of aromatic nitrogens is 1. The molecule has 35 heavy (non-hydrogen) atoms.